The van der Waals surface area contributed by atoms with Crippen molar-refractivity contribution in [2.45, 2.75) is 6.92 Å². The van der Waals surface area contributed by atoms with Crippen molar-refractivity contribution >= 4 is 22.2 Å². The summed E-state index contributed by atoms with van der Waals surface area (Å²) in [6, 6.07) is 12.6. The number of aliphatic imine (C=N–C) groups is 1. The van der Waals surface area contributed by atoms with Gasteiger partial charge in [0, 0.05) is 16.7 Å². The smallest absolute Gasteiger partial charge is 0.0777 e. The maximum atomic E-state index is 8.60. The molecule has 0 fully saturated rings. The molecule has 2 aromatic rings. The van der Waals surface area contributed by atoms with Crippen LogP contribution in [-0.4, -0.2) is 10.4 Å². The van der Waals surface area contributed by atoms with Gasteiger partial charge in [-0.2, -0.15) is 14.0 Å². The minimum atomic E-state index is -4.69. The standard InChI is InChI=1S/C12H9N.ClHO4/c1-8-10-6-2-4-9-5-3-7-11(13-8)12(9)10;2-1(3,4)5/h2-7H,1H3;(H,2,3,4,5). The Bertz CT molecular complexity index is 608. The fourth-order valence-electron chi connectivity index (χ4n) is 1.96. The molecule has 0 amide bonds. The minimum Gasteiger partial charge on any atom is -0.252 e. The molecule has 0 unspecified atom stereocenters. The molecule has 2 aromatic carbocycles. The van der Waals surface area contributed by atoms with Gasteiger partial charge in [-0.25, -0.2) is 0 Å². The fourth-order valence-corrected chi connectivity index (χ4v) is 1.96. The second kappa shape index (κ2) is 4.64. The normalized spacial score (nSPS) is 13.1. The zero-order valence-electron chi connectivity index (χ0n) is 9.46. The monoisotopic (exact) mass is 267 g/mol. The highest BCUT2D eigenvalue weighted by molar-refractivity contribution is 6.18. The molecular weight excluding hydrogens is 258 g/mol. The molecule has 0 saturated carbocycles. The first-order valence-corrected chi connectivity index (χ1v) is 6.33. The molecule has 0 bridgehead atoms. The average molecular weight is 268 g/mol. The molecule has 18 heavy (non-hydrogen) atoms. The summed E-state index contributed by atoms with van der Waals surface area (Å²) < 4.78 is 32.7. The first kappa shape index (κ1) is 12.9. The van der Waals surface area contributed by atoms with Crippen LogP contribution in [0, 0.1) is 10.2 Å². The van der Waals surface area contributed by atoms with Crippen LogP contribution in [0.3, 0.4) is 0 Å². The van der Waals surface area contributed by atoms with E-state index in [4.69, 9.17) is 18.6 Å². The summed E-state index contributed by atoms with van der Waals surface area (Å²) in [5, 5.41) is 2.60. The maximum Gasteiger partial charge on any atom is 0.0777 e. The largest absolute Gasteiger partial charge is 0.252 e. The van der Waals surface area contributed by atoms with Gasteiger partial charge in [0.2, 0.25) is 0 Å². The molecule has 6 heteroatoms. The highest BCUT2D eigenvalue weighted by atomic mass is 35.7. The molecule has 1 N–H and O–H groups in total. The zero-order valence-corrected chi connectivity index (χ0v) is 10.2. The predicted molar refractivity (Wildman–Crippen MR) is 58.0 cm³/mol. The summed E-state index contributed by atoms with van der Waals surface area (Å²) in [5.74, 6) is 0. The van der Waals surface area contributed by atoms with E-state index in [1.165, 1.54) is 16.3 Å². The van der Waals surface area contributed by atoms with E-state index in [0.29, 0.717) is 0 Å². The Kier molecular flexibility index (Phi) is 3.34. The second-order valence-corrected chi connectivity index (χ2v) is 4.57. The second-order valence-electron chi connectivity index (χ2n) is 3.77. The van der Waals surface area contributed by atoms with Gasteiger partial charge in [0.25, 0.3) is 0 Å². The molecule has 0 spiro atoms. The van der Waals surface area contributed by atoms with Crippen LogP contribution in [0.4, 0.5) is 5.69 Å². The van der Waals surface area contributed by atoms with Crippen LogP contribution in [0.25, 0.3) is 10.8 Å². The highest BCUT2D eigenvalue weighted by Crippen LogP contribution is 2.34. The molecule has 0 atom stereocenters. The maximum absolute atomic E-state index is 8.60. The van der Waals surface area contributed by atoms with Crippen molar-refractivity contribution in [2.75, 3.05) is 0 Å². The molecule has 94 valence electrons. The van der Waals surface area contributed by atoms with Crippen LogP contribution < -0.4 is 14.0 Å². The summed E-state index contributed by atoms with van der Waals surface area (Å²) >= 11 is 0. The predicted octanol–water partition coefficient (Wildman–Crippen LogP) is -0.830. The van der Waals surface area contributed by atoms with Crippen LogP contribution >= 0.6 is 0 Å². The lowest BCUT2D eigenvalue weighted by atomic mass is 10.0. The van der Waals surface area contributed by atoms with E-state index in [2.05, 4.69) is 48.3 Å². The van der Waals surface area contributed by atoms with Crippen molar-refractivity contribution in [3.63, 3.8) is 0 Å². The van der Waals surface area contributed by atoms with Gasteiger partial charge in [-0.15, -0.1) is 0 Å². The minimum absolute atomic E-state index is 1.12. The molecule has 0 radical (unpaired) electrons. The number of nitrogens with zero attached hydrogens (tertiary/aromatic N) is 1. The van der Waals surface area contributed by atoms with Gasteiger partial charge in [-0.05, 0) is 18.4 Å². The van der Waals surface area contributed by atoms with Gasteiger partial charge < -0.3 is 0 Å². The van der Waals surface area contributed by atoms with Gasteiger partial charge in [0.15, 0.2) is 0 Å². The highest BCUT2D eigenvalue weighted by Gasteiger charge is 2.13. The number of rotatable bonds is 0. The lowest BCUT2D eigenvalue weighted by Crippen LogP contribution is -2.58. The van der Waals surface area contributed by atoms with E-state index in [0.717, 1.165) is 11.4 Å². The molecule has 0 aliphatic carbocycles. The van der Waals surface area contributed by atoms with E-state index in [-0.39, 0.29) is 0 Å². The Balaban J connectivity index is 0.000000209. The van der Waals surface area contributed by atoms with Crippen LogP contribution in [-0.2, 0) is 0 Å². The average Bonchev–Trinajstić information content (AvgIpc) is 2.56. The SMILES string of the molecule is CC1=Nc2cccc3cccc1c23.[O-][Cl+3]([O-])([O-])O. The van der Waals surface area contributed by atoms with Gasteiger partial charge in [0.05, 0.1) is 20.6 Å². The molecule has 1 aliphatic heterocycles. The lowest BCUT2D eigenvalue weighted by Gasteiger charge is -2.03. The number of benzene rings is 2. The van der Waals surface area contributed by atoms with E-state index in [1.54, 1.807) is 0 Å². The van der Waals surface area contributed by atoms with E-state index >= 15 is 0 Å². The molecule has 1 heterocycles. The van der Waals surface area contributed by atoms with Crippen LogP contribution in [0.15, 0.2) is 41.4 Å². The number of halogens is 1. The summed E-state index contributed by atoms with van der Waals surface area (Å²) in [5.41, 5.74) is 3.53. The van der Waals surface area contributed by atoms with E-state index in [1.807, 2.05) is 0 Å². The summed E-state index contributed by atoms with van der Waals surface area (Å²) in [4.78, 5) is 4.51. The van der Waals surface area contributed by atoms with Crippen molar-refractivity contribution in [3.05, 3.63) is 42.0 Å². The zero-order chi connectivity index (χ0) is 13.3. The molecule has 3 rings (SSSR count). The van der Waals surface area contributed by atoms with Crippen molar-refractivity contribution < 1.29 is 28.9 Å². The Hall–Kier alpha value is -1.50. The number of hydrogen-bond acceptors (Lipinski definition) is 5. The van der Waals surface area contributed by atoms with Crippen molar-refractivity contribution in [2.24, 2.45) is 4.99 Å². The first-order valence-electron chi connectivity index (χ1n) is 5.07. The fraction of sp³-hybridized carbons (Fsp3) is 0.0833. The van der Waals surface area contributed by atoms with Gasteiger partial charge in [-0.1, -0.05) is 30.3 Å². The van der Waals surface area contributed by atoms with Gasteiger partial charge in [0.1, 0.15) is 0 Å². The summed E-state index contributed by atoms with van der Waals surface area (Å²) in [6.07, 6.45) is 0. The molecule has 0 saturated heterocycles. The van der Waals surface area contributed by atoms with Crippen LogP contribution in [0.1, 0.15) is 12.5 Å². The van der Waals surface area contributed by atoms with Crippen molar-refractivity contribution in [3.8, 4) is 0 Å². The van der Waals surface area contributed by atoms with Crippen LogP contribution in [0.2, 0.25) is 0 Å². The molecule has 1 aliphatic rings. The summed E-state index contributed by atoms with van der Waals surface area (Å²) in [7, 11) is -4.69. The lowest BCUT2D eigenvalue weighted by molar-refractivity contribution is -1.92. The molecular formula is C12H10ClNO4. The third-order valence-electron chi connectivity index (χ3n) is 2.56. The third kappa shape index (κ3) is 2.84. The number of hydrogen-bond donors (Lipinski definition) is 1. The van der Waals surface area contributed by atoms with Crippen molar-refractivity contribution in [1.29, 1.82) is 0 Å². The Morgan fingerprint density at radius 1 is 1.06 bits per heavy atom. The van der Waals surface area contributed by atoms with Gasteiger partial charge in [-0.3, -0.25) is 4.99 Å². The Morgan fingerprint density at radius 3 is 2.22 bits per heavy atom. The Labute approximate surface area is 105 Å². The van der Waals surface area contributed by atoms with Crippen molar-refractivity contribution in [1.82, 2.24) is 0 Å². The van der Waals surface area contributed by atoms with E-state index in [9.17, 15) is 0 Å². The quantitative estimate of drug-likeness (QED) is 0.673. The van der Waals surface area contributed by atoms with E-state index < -0.39 is 10.2 Å². The third-order valence-corrected chi connectivity index (χ3v) is 2.56. The van der Waals surface area contributed by atoms with Crippen LogP contribution in [0.5, 0.6) is 0 Å². The van der Waals surface area contributed by atoms with Gasteiger partial charge >= 0.3 is 0 Å². The molecule has 0 aromatic heterocycles. The Morgan fingerprint density at radius 2 is 1.61 bits per heavy atom. The first-order chi connectivity index (χ1) is 8.36. The topological polar surface area (TPSA) is 102 Å². The summed E-state index contributed by atoms with van der Waals surface area (Å²) in [6.45, 7) is 2.06. The molecule has 5 nitrogen and oxygen atoms in total.